The van der Waals surface area contributed by atoms with Crippen molar-refractivity contribution in [3.05, 3.63) is 94.3 Å². The molecule has 0 spiro atoms. The fourth-order valence-corrected chi connectivity index (χ4v) is 4.18. The van der Waals surface area contributed by atoms with Crippen molar-refractivity contribution in [2.24, 2.45) is 5.73 Å². The van der Waals surface area contributed by atoms with E-state index in [-0.39, 0.29) is 18.2 Å². The first-order valence-electron chi connectivity index (χ1n) is 12.0. The third kappa shape index (κ3) is 6.54. The molecule has 0 fully saturated rings. The molecule has 3 aromatic carbocycles. The number of nitriles is 1. The van der Waals surface area contributed by atoms with Gasteiger partial charge in [-0.05, 0) is 48.4 Å². The molecule has 1 heterocycles. The number of hydrogen-bond acceptors (Lipinski definition) is 7. The van der Waals surface area contributed by atoms with Crippen molar-refractivity contribution in [3.8, 4) is 29.1 Å². The van der Waals surface area contributed by atoms with Crippen molar-refractivity contribution in [1.29, 1.82) is 5.26 Å². The second-order valence-electron chi connectivity index (χ2n) is 8.47. The molecule has 0 amide bonds. The smallest absolute Gasteiger partial charge is 0.349 e. The van der Waals surface area contributed by atoms with Crippen LogP contribution in [0, 0.1) is 11.3 Å². The zero-order valence-corrected chi connectivity index (χ0v) is 21.2. The molecule has 0 aromatic heterocycles. The average molecular weight is 519 g/mol. The number of nitrogens with zero attached hydrogens (tertiary/aromatic N) is 1. The van der Waals surface area contributed by atoms with Crippen molar-refractivity contribution in [2.75, 3.05) is 13.2 Å². The number of allylic oxidation sites excluding steroid dienone is 1. The Bertz CT molecular complexity index is 1330. The third-order valence-electron chi connectivity index (χ3n) is 5.81. The lowest BCUT2D eigenvalue weighted by molar-refractivity contribution is -0.136. The van der Waals surface area contributed by atoms with Crippen molar-refractivity contribution < 1.29 is 23.7 Å². The number of fused-ring (bicyclic) bond motifs is 1. The minimum atomic E-state index is -0.594. The van der Waals surface area contributed by atoms with Crippen molar-refractivity contribution in [3.63, 3.8) is 0 Å². The van der Waals surface area contributed by atoms with Crippen LogP contribution >= 0.6 is 11.6 Å². The maximum absolute atomic E-state index is 12.3. The number of halogens is 1. The normalized spacial score (nSPS) is 14.2. The minimum absolute atomic E-state index is 0.00709. The SMILES string of the molecule is CCCCCOc1ccc(C2C(C#N)=C(N)Oc3cc(OC(=O)COc4cccc(Cl)c4)ccc32)cc1. The first-order chi connectivity index (χ1) is 18.0. The number of benzene rings is 3. The quantitative estimate of drug-likeness (QED) is 0.196. The van der Waals surface area contributed by atoms with Gasteiger partial charge in [-0.2, -0.15) is 5.26 Å². The van der Waals surface area contributed by atoms with Gasteiger partial charge in [-0.25, -0.2) is 4.79 Å². The molecular formula is C29H27ClN2O5. The predicted octanol–water partition coefficient (Wildman–Crippen LogP) is 6.11. The van der Waals surface area contributed by atoms with Crippen LogP contribution in [0.25, 0.3) is 0 Å². The molecule has 190 valence electrons. The highest BCUT2D eigenvalue weighted by atomic mass is 35.5. The van der Waals surface area contributed by atoms with Crippen molar-refractivity contribution in [1.82, 2.24) is 0 Å². The summed E-state index contributed by atoms with van der Waals surface area (Å²) in [4.78, 5) is 12.3. The standard InChI is InChI=1S/C29H27ClN2O5/c1-2-3-4-14-34-21-10-8-19(9-11-21)28-24-13-12-23(16-26(24)37-29(32)25(28)17-31)36-27(33)18-35-22-7-5-6-20(30)15-22/h5-13,15-16,28H,2-4,14,18,32H2,1H3. The molecule has 3 aromatic rings. The van der Waals surface area contributed by atoms with Gasteiger partial charge in [-0.1, -0.05) is 55.6 Å². The van der Waals surface area contributed by atoms with Crippen LogP contribution in [0.15, 0.2) is 78.2 Å². The number of carbonyl (C=O) groups excluding carboxylic acids is 1. The van der Waals surface area contributed by atoms with Gasteiger partial charge in [0.05, 0.1) is 12.5 Å². The van der Waals surface area contributed by atoms with Gasteiger partial charge >= 0.3 is 5.97 Å². The molecule has 0 bridgehead atoms. The molecule has 1 aliphatic heterocycles. The molecular weight excluding hydrogens is 492 g/mol. The number of nitrogens with two attached hydrogens (primary N) is 1. The summed E-state index contributed by atoms with van der Waals surface area (Å²) in [5.41, 5.74) is 8.01. The Kier molecular flexibility index (Phi) is 8.55. The first kappa shape index (κ1) is 25.9. The maximum atomic E-state index is 12.3. The van der Waals surface area contributed by atoms with Gasteiger partial charge in [0, 0.05) is 16.7 Å². The molecule has 1 unspecified atom stereocenters. The summed E-state index contributed by atoms with van der Waals surface area (Å²) >= 11 is 5.93. The number of rotatable bonds is 10. The second kappa shape index (κ2) is 12.2. The summed E-state index contributed by atoms with van der Waals surface area (Å²) in [6.45, 7) is 2.51. The Labute approximate surface area is 221 Å². The largest absolute Gasteiger partial charge is 0.494 e. The topological polar surface area (TPSA) is 104 Å². The van der Waals surface area contributed by atoms with E-state index < -0.39 is 11.9 Å². The molecule has 0 aliphatic carbocycles. The van der Waals surface area contributed by atoms with Crippen LogP contribution in [0.4, 0.5) is 0 Å². The molecule has 1 aliphatic rings. The Morgan fingerprint density at radius 1 is 1.03 bits per heavy atom. The molecule has 0 radical (unpaired) electrons. The lowest BCUT2D eigenvalue weighted by Crippen LogP contribution is -2.21. The van der Waals surface area contributed by atoms with E-state index in [0.29, 0.717) is 28.7 Å². The Morgan fingerprint density at radius 2 is 1.81 bits per heavy atom. The number of hydrogen-bond donors (Lipinski definition) is 1. The number of esters is 1. The summed E-state index contributed by atoms with van der Waals surface area (Å²) in [7, 11) is 0. The fraction of sp³-hybridized carbons (Fsp3) is 0.241. The molecule has 8 heteroatoms. The fourth-order valence-electron chi connectivity index (χ4n) is 4.00. The third-order valence-corrected chi connectivity index (χ3v) is 6.04. The van der Waals surface area contributed by atoms with Crippen LogP contribution in [-0.4, -0.2) is 19.2 Å². The lowest BCUT2D eigenvalue weighted by Gasteiger charge is -2.26. The average Bonchev–Trinajstić information content (AvgIpc) is 2.89. The van der Waals surface area contributed by atoms with Crippen LogP contribution in [0.2, 0.25) is 5.02 Å². The zero-order chi connectivity index (χ0) is 26.2. The van der Waals surface area contributed by atoms with Crippen LogP contribution in [0.5, 0.6) is 23.0 Å². The maximum Gasteiger partial charge on any atom is 0.349 e. The van der Waals surface area contributed by atoms with Crippen LogP contribution in [0.1, 0.15) is 43.2 Å². The van der Waals surface area contributed by atoms with Crippen molar-refractivity contribution in [2.45, 2.75) is 32.1 Å². The van der Waals surface area contributed by atoms with E-state index in [1.807, 2.05) is 24.3 Å². The molecule has 4 rings (SSSR count). The van der Waals surface area contributed by atoms with E-state index >= 15 is 0 Å². The van der Waals surface area contributed by atoms with Crippen LogP contribution < -0.4 is 24.7 Å². The first-order valence-corrected chi connectivity index (χ1v) is 12.4. The molecule has 0 saturated carbocycles. The van der Waals surface area contributed by atoms with E-state index in [1.165, 1.54) is 0 Å². The highest BCUT2D eigenvalue weighted by Gasteiger charge is 2.31. The number of unbranched alkanes of at least 4 members (excludes halogenated alkanes) is 2. The predicted molar refractivity (Wildman–Crippen MR) is 140 cm³/mol. The van der Waals surface area contributed by atoms with E-state index in [0.717, 1.165) is 36.1 Å². The molecule has 7 nitrogen and oxygen atoms in total. The van der Waals surface area contributed by atoms with Crippen LogP contribution in [-0.2, 0) is 4.79 Å². The molecule has 0 saturated heterocycles. The van der Waals surface area contributed by atoms with E-state index in [1.54, 1.807) is 42.5 Å². The van der Waals surface area contributed by atoms with Gasteiger partial charge in [-0.3, -0.25) is 0 Å². The van der Waals surface area contributed by atoms with Crippen molar-refractivity contribution >= 4 is 17.6 Å². The summed E-state index contributed by atoms with van der Waals surface area (Å²) in [6, 6.07) is 21.5. The Balaban J connectivity index is 1.48. The van der Waals surface area contributed by atoms with Gasteiger partial charge in [0.1, 0.15) is 34.6 Å². The Morgan fingerprint density at radius 3 is 2.54 bits per heavy atom. The molecule has 1 atom stereocenters. The van der Waals surface area contributed by atoms with Gasteiger partial charge in [-0.15, -0.1) is 0 Å². The monoisotopic (exact) mass is 518 g/mol. The number of ether oxygens (including phenoxy) is 4. The second-order valence-corrected chi connectivity index (χ2v) is 8.91. The van der Waals surface area contributed by atoms with Crippen LogP contribution in [0.3, 0.4) is 0 Å². The lowest BCUT2D eigenvalue weighted by atomic mass is 9.83. The van der Waals surface area contributed by atoms with E-state index in [9.17, 15) is 10.1 Å². The minimum Gasteiger partial charge on any atom is -0.494 e. The molecule has 37 heavy (non-hydrogen) atoms. The van der Waals surface area contributed by atoms with E-state index in [2.05, 4.69) is 13.0 Å². The molecule has 2 N–H and O–H groups in total. The summed E-state index contributed by atoms with van der Waals surface area (Å²) in [5.74, 6) is 0.878. The highest BCUT2D eigenvalue weighted by Crippen LogP contribution is 2.43. The number of carbonyl (C=O) groups is 1. The zero-order valence-electron chi connectivity index (χ0n) is 20.4. The van der Waals surface area contributed by atoms with Gasteiger partial charge in [0.2, 0.25) is 5.88 Å². The van der Waals surface area contributed by atoms with Gasteiger partial charge in [0.25, 0.3) is 0 Å². The Hall–Kier alpha value is -4.15. The summed E-state index contributed by atoms with van der Waals surface area (Å²) in [6.07, 6.45) is 3.26. The van der Waals surface area contributed by atoms with E-state index in [4.69, 9.17) is 36.3 Å². The van der Waals surface area contributed by atoms with Gasteiger partial charge in [0.15, 0.2) is 6.61 Å². The highest BCUT2D eigenvalue weighted by molar-refractivity contribution is 6.30. The van der Waals surface area contributed by atoms with Gasteiger partial charge < -0.3 is 24.7 Å². The summed E-state index contributed by atoms with van der Waals surface area (Å²) < 4.78 is 22.4. The summed E-state index contributed by atoms with van der Waals surface area (Å²) in [5, 5.41) is 10.3.